The molecule has 2 heteroatoms. The maximum Gasteiger partial charge on any atom is 0.163 e. The normalized spacial score (nSPS) is 9.73. The number of hydrogen-bond acceptors (Lipinski definition) is 2. The third kappa shape index (κ3) is 2.94. The van der Waals surface area contributed by atoms with Crippen molar-refractivity contribution in [3.8, 4) is 5.75 Å². The van der Waals surface area contributed by atoms with Crippen LogP contribution in [-0.4, -0.2) is 12.9 Å². The minimum absolute atomic E-state index is 0.162. The smallest absolute Gasteiger partial charge is 0.163 e. The number of carbonyl (C=O) groups excluding carboxylic acids is 1. The molecule has 0 bridgehead atoms. The standard InChI is InChI=1S/C13H16O2/c1-4-5-6-13(14)12-8-7-11(15-3)9-10(12)2/h4,7-9H,1,5-6H2,2-3H3. The van der Waals surface area contributed by atoms with Gasteiger partial charge in [-0.2, -0.15) is 0 Å². The average Bonchev–Trinajstić information content (AvgIpc) is 2.25. The van der Waals surface area contributed by atoms with E-state index in [-0.39, 0.29) is 5.78 Å². The van der Waals surface area contributed by atoms with Crippen LogP contribution in [0.1, 0.15) is 28.8 Å². The van der Waals surface area contributed by atoms with Gasteiger partial charge in [0.25, 0.3) is 0 Å². The highest BCUT2D eigenvalue weighted by molar-refractivity contribution is 5.97. The minimum Gasteiger partial charge on any atom is -0.497 e. The molecule has 0 aliphatic rings. The van der Waals surface area contributed by atoms with Crippen molar-refractivity contribution in [2.45, 2.75) is 19.8 Å². The Bertz CT molecular complexity index is 367. The molecule has 80 valence electrons. The maximum atomic E-state index is 11.7. The monoisotopic (exact) mass is 204 g/mol. The molecule has 0 fully saturated rings. The number of aryl methyl sites for hydroxylation is 1. The van der Waals surface area contributed by atoms with Crippen molar-refractivity contribution in [2.24, 2.45) is 0 Å². The van der Waals surface area contributed by atoms with Gasteiger partial charge in [-0.1, -0.05) is 6.08 Å². The van der Waals surface area contributed by atoms with Crippen molar-refractivity contribution in [1.82, 2.24) is 0 Å². The lowest BCUT2D eigenvalue weighted by Gasteiger charge is -2.06. The van der Waals surface area contributed by atoms with Crippen LogP contribution in [-0.2, 0) is 0 Å². The predicted octanol–water partition coefficient (Wildman–Crippen LogP) is 3.15. The second kappa shape index (κ2) is 5.35. The molecular formula is C13H16O2. The number of Topliss-reactive ketones (excluding diaryl/α,β-unsaturated/α-hetero) is 1. The van der Waals surface area contributed by atoms with Gasteiger partial charge in [-0.3, -0.25) is 4.79 Å². The first-order chi connectivity index (χ1) is 7.19. The van der Waals surface area contributed by atoms with Gasteiger partial charge in [0.05, 0.1) is 7.11 Å². The van der Waals surface area contributed by atoms with E-state index in [2.05, 4.69) is 6.58 Å². The molecule has 15 heavy (non-hydrogen) atoms. The van der Waals surface area contributed by atoms with E-state index in [1.165, 1.54) is 0 Å². The number of methoxy groups -OCH3 is 1. The Balaban J connectivity index is 2.85. The first-order valence-corrected chi connectivity index (χ1v) is 4.97. The molecule has 0 unspecified atom stereocenters. The molecule has 0 heterocycles. The molecule has 1 rings (SSSR count). The molecule has 2 nitrogen and oxygen atoms in total. The van der Waals surface area contributed by atoms with Crippen LogP contribution < -0.4 is 4.74 Å². The van der Waals surface area contributed by atoms with Gasteiger partial charge in [0.2, 0.25) is 0 Å². The first-order valence-electron chi connectivity index (χ1n) is 4.97. The summed E-state index contributed by atoms with van der Waals surface area (Å²) in [6.07, 6.45) is 3.01. The predicted molar refractivity (Wildman–Crippen MR) is 61.5 cm³/mol. The van der Waals surface area contributed by atoms with Crippen LogP contribution in [0.3, 0.4) is 0 Å². The fraction of sp³-hybridized carbons (Fsp3) is 0.308. The summed E-state index contributed by atoms with van der Waals surface area (Å²) in [7, 11) is 1.62. The van der Waals surface area contributed by atoms with Crippen molar-refractivity contribution < 1.29 is 9.53 Å². The van der Waals surface area contributed by atoms with Crippen LogP contribution in [0.2, 0.25) is 0 Å². The molecular weight excluding hydrogens is 188 g/mol. The molecule has 1 aromatic carbocycles. The van der Waals surface area contributed by atoms with Crippen molar-refractivity contribution in [3.05, 3.63) is 42.0 Å². The van der Waals surface area contributed by atoms with Crippen LogP contribution in [0.4, 0.5) is 0 Å². The summed E-state index contributed by atoms with van der Waals surface area (Å²) in [4.78, 5) is 11.7. The maximum absolute atomic E-state index is 11.7. The summed E-state index contributed by atoms with van der Waals surface area (Å²) in [5.74, 6) is 0.947. The SMILES string of the molecule is C=CCCC(=O)c1ccc(OC)cc1C. The van der Waals surface area contributed by atoms with Crippen LogP contribution in [0.5, 0.6) is 5.75 Å². The molecule has 0 aliphatic carbocycles. The molecule has 0 amide bonds. The van der Waals surface area contributed by atoms with Gasteiger partial charge in [0, 0.05) is 12.0 Å². The zero-order chi connectivity index (χ0) is 11.3. The largest absolute Gasteiger partial charge is 0.497 e. The second-order valence-corrected chi connectivity index (χ2v) is 3.43. The van der Waals surface area contributed by atoms with Gasteiger partial charge in [-0.15, -0.1) is 6.58 Å². The van der Waals surface area contributed by atoms with E-state index in [1.54, 1.807) is 13.2 Å². The number of rotatable bonds is 5. The Hall–Kier alpha value is -1.57. The molecule has 0 aromatic heterocycles. The van der Waals surface area contributed by atoms with E-state index < -0.39 is 0 Å². The number of hydrogen-bond donors (Lipinski definition) is 0. The average molecular weight is 204 g/mol. The summed E-state index contributed by atoms with van der Waals surface area (Å²) in [6, 6.07) is 5.51. The highest BCUT2D eigenvalue weighted by Crippen LogP contribution is 2.18. The Morgan fingerprint density at radius 1 is 1.53 bits per heavy atom. The number of carbonyl (C=O) groups is 1. The van der Waals surface area contributed by atoms with E-state index in [4.69, 9.17) is 4.74 Å². The van der Waals surface area contributed by atoms with E-state index >= 15 is 0 Å². The molecule has 0 saturated carbocycles. The van der Waals surface area contributed by atoms with Gasteiger partial charge >= 0.3 is 0 Å². The van der Waals surface area contributed by atoms with Crippen molar-refractivity contribution in [1.29, 1.82) is 0 Å². The van der Waals surface area contributed by atoms with Crippen LogP contribution >= 0.6 is 0 Å². The lowest BCUT2D eigenvalue weighted by atomic mass is 10.0. The Labute approximate surface area is 90.6 Å². The third-order valence-corrected chi connectivity index (χ3v) is 2.31. The number of ketones is 1. The first kappa shape index (κ1) is 11.5. The third-order valence-electron chi connectivity index (χ3n) is 2.31. The van der Waals surface area contributed by atoms with Crippen LogP contribution in [0.25, 0.3) is 0 Å². The topological polar surface area (TPSA) is 26.3 Å². The van der Waals surface area contributed by atoms with E-state index in [9.17, 15) is 4.79 Å². The quantitative estimate of drug-likeness (QED) is 0.544. The van der Waals surface area contributed by atoms with Crippen LogP contribution in [0.15, 0.2) is 30.9 Å². The number of ether oxygens (including phenoxy) is 1. The van der Waals surface area contributed by atoms with Gasteiger partial charge in [-0.05, 0) is 37.1 Å². The summed E-state index contributed by atoms with van der Waals surface area (Å²) in [6.45, 7) is 5.52. The fourth-order valence-corrected chi connectivity index (χ4v) is 1.44. The van der Waals surface area contributed by atoms with Crippen molar-refractivity contribution in [2.75, 3.05) is 7.11 Å². The van der Waals surface area contributed by atoms with Gasteiger partial charge in [0.15, 0.2) is 5.78 Å². The lowest BCUT2D eigenvalue weighted by molar-refractivity contribution is 0.0983. The lowest BCUT2D eigenvalue weighted by Crippen LogP contribution is -2.01. The molecule has 0 atom stereocenters. The highest BCUT2D eigenvalue weighted by atomic mass is 16.5. The van der Waals surface area contributed by atoms with Crippen LogP contribution in [0, 0.1) is 6.92 Å². The zero-order valence-corrected chi connectivity index (χ0v) is 9.25. The zero-order valence-electron chi connectivity index (χ0n) is 9.25. The van der Waals surface area contributed by atoms with Gasteiger partial charge in [-0.25, -0.2) is 0 Å². The van der Waals surface area contributed by atoms with E-state index in [1.807, 2.05) is 25.1 Å². The van der Waals surface area contributed by atoms with Crippen molar-refractivity contribution in [3.63, 3.8) is 0 Å². The Morgan fingerprint density at radius 3 is 2.80 bits per heavy atom. The molecule has 0 saturated heterocycles. The van der Waals surface area contributed by atoms with Crippen molar-refractivity contribution >= 4 is 5.78 Å². The summed E-state index contributed by atoms with van der Waals surface area (Å²) >= 11 is 0. The number of benzene rings is 1. The molecule has 1 aromatic rings. The number of allylic oxidation sites excluding steroid dienone is 1. The molecule has 0 radical (unpaired) electrons. The second-order valence-electron chi connectivity index (χ2n) is 3.43. The molecule has 0 N–H and O–H groups in total. The van der Waals surface area contributed by atoms with Gasteiger partial charge < -0.3 is 4.74 Å². The van der Waals surface area contributed by atoms with E-state index in [0.29, 0.717) is 6.42 Å². The Morgan fingerprint density at radius 2 is 2.27 bits per heavy atom. The molecule has 0 aliphatic heterocycles. The highest BCUT2D eigenvalue weighted by Gasteiger charge is 2.08. The van der Waals surface area contributed by atoms with E-state index in [0.717, 1.165) is 23.3 Å². The fourth-order valence-electron chi connectivity index (χ4n) is 1.44. The summed E-state index contributed by atoms with van der Waals surface area (Å²) < 4.78 is 5.08. The summed E-state index contributed by atoms with van der Waals surface area (Å²) in [5.41, 5.74) is 1.74. The van der Waals surface area contributed by atoms with Gasteiger partial charge in [0.1, 0.15) is 5.75 Å². The molecule has 0 spiro atoms. The minimum atomic E-state index is 0.162. The summed E-state index contributed by atoms with van der Waals surface area (Å²) in [5, 5.41) is 0. The Kier molecular flexibility index (Phi) is 4.10.